The van der Waals surface area contributed by atoms with Crippen molar-refractivity contribution in [1.82, 2.24) is 19.9 Å². The van der Waals surface area contributed by atoms with E-state index in [2.05, 4.69) is 15.6 Å². The first-order valence-electron chi connectivity index (χ1n) is 6.68. The predicted molar refractivity (Wildman–Crippen MR) is 81.2 cm³/mol. The van der Waals surface area contributed by atoms with Crippen LogP contribution in [0.25, 0.3) is 0 Å². The Bertz CT molecular complexity index is 546. The Morgan fingerprint density at radius 1 is 1.38 bits per heavy atom. The summed E-state index contributed by atoms with van der Waals surface area (Å²) in [6.07, 6.45) is 2.76. The van der Waals surface area contributed by atoms with Gasteiger partial charge in [-0.1, -0.05) is 6.07 Å². The first kappa shape index (κ1) is 17.4. The summed E-state index contributed by atoms with van der Waals surface area (Å²) in [6.45, 7) is 4.32. The lowest BCUT2D eigenvalue weighted by atomic mass is 10.3. The van der Waals surface area contributed by atoms with Crippen LogP contribution in [0.3, 0.4) is 0 Å². The fraction of sp³-hybridized carbons (Fsp3) is 0.538. The molecule has 0 aliphatic heterocycles. The fourth-order valence-electron chi connectivity index (χ4n) is 1.64. The normalized spacial score (nSPS) is 11.7. The molecular formula is C13H22N4O3S. The summed E-state index contributed by atoms with van der Waals surface area (Å²) >= 11 is 0. The number of nitrogens with zero attached hydrogens (tertiary/aromatic N) is 2. The van der Waals surface area contributed by atoms with E-state index in [9.17, 15) is 13.2 Å². The van der Waals surface area contributed by atoms with Crippen molar-refractivity contribution in [3.05, 3.63) is 30.1 Å². The van der Waals surface area contributed by atoms with Crippen LogP contribution in [0.1, 0.15) is 19.5 Å². The van der Waals surface area contributed by atoms with Crippen molar-refractivity contribution in [2.45, 2.75) is 26.4 Å². The van der Waals surface area contributed by atoms with Gasteiger partial charge < -0.3 is 10.6 Å². The molecule has 1 aromatic heterocycles. The van der Waals surface area contributed by atoms with Gasteiger partial charge in [0.1, 0.15) is 0 Å². The van der Waals surface area contributed by atoms with Gasteiger partial charge in [-0.25, -0.2) is 13.2 Å². The number of nitrogens with one attached hydrogen (secondary N) is 2. The number of rotatable bonds is 7. The van der Waals surface area contributed by atoms with Crippen molar-refractivity contribution in [3.63, 3.8) is 0 Å². The second-order valence-electron chi connectivity index (χ2n) is 4.97. The fourth-order valence-corrected chi connectivity index (χ4v) is 2.43. The molecule has 0 aliphatic rings. The average Bonchev–Trinajstić information content (AvgIpc) is 2.36. The number of amides is 2. The molecule has 8 heteroatoms. The smallest absolute Gasteiger partial charge is 0.315 e. The van der Waals surface area contributed by atoms with E-state index >= 15 is 0 Å². The molecule has 0 bridgehead atoms. The maximum absolute atomic E-state index is 11.8. The molecule has 1 rings (SSSR count). The zero-order valence-electron chi connectivity index (χ0n) is 12.5. The summed E-state index contributed by atoms with van der Waals surface area (Å²) in [5, 5.41) is 5.30. The molecule has 0 spiro atoms. The van der Waals surface area contributed by atoms with E-state index in [4.69, 9.17) is 0 Å². The van der Waals surface area contributed by atoms with Crippen molar-refractivity contribution < 1.29 is 13.2 Å². The number of hydrogen-bond donors (Lipinski definition) is 2. The maximum atomic E-state index is 11.8. The number of carbonyl (C=O) groups excluding carboxylic acids is 1. The van der Waals surface area contributed by atoms with Gasteiger partial charge in [0.2, 0.25) is 10.0 Å². The highest BCUT2D eigenvalue weighted by molar-refractivity contribution is 7.88. The molecule has 0 fully saturated rings. The SMILES string of the molecule is CC(C)NC(=O)NCCN(Cc1ccccn1)S(C)(=O)=O. The van der Waals surface area contributed by atoms with Gasteiger partial charge in [0.15, 0.2) is 0 Å². The Balaban J connectivity index is 2.54. The van der Waals surface area contributed by atoms with Gasteiger partial charge >= 0.3 is 6.03 Å². The van der Waals surface area contributed by atoms with Gasteiger partial charge in [0.05, 0.1) is 18.5 Å². The standard InChI is InChI=1S/C13H22N4O3S/c1-11(2)16-13(18)15-8-9-17(21(3,19)20)10-12-6-4-5-7-14-12/h4-7,11H,8-10H2,1-3H3,(H2,15,16,18). The minimum atomic E-state index is -3.36. The molecule has 21 heavy (non-hydrogen) atoms. The second kappa shape index (κ2) is 7.94. The third kappa shape index (κ3) is 7.05. The van der Waals surface area contributed by atoms with Gasteiger partial charge in [0.25, 0.3) is 0 Å². The van der Waals surface area contributed by atoms with Crippen LogP contribution in [0.2, 0.25) is 0 Å². The van der Waals surface area contributed by atoms with Crippen molar-refractivity contribution in [2.24, 2.45) is 0 Å². The molecule has 0 aromatic carbocycles. The lowest BCUT2D eigenvalue weighted by Gasteiger charge is -2.20. The van der Waals surface area contributed by atoms with E-state index in [1.165, 1.54) is 4.31 Å². The van der Waals surface area contributed by atoms with Crippen molar-refractivity contribution in [3.8, 4) is 0 Å². The first-order valence-corrected chi connectivity index (χ1v) is 8.53. The Hall–Kier alpha value is -1.67. The van der Waals surface area contributed by atoms with E-state index in [-0.39, 0.29) is 31.7 Å². The second-order valence-corrected chi connectivity index (χ2v) is 6.95. The van der Waals surface area contributed by atoms with Gasteiger partial charge in [0, 0.05) is 25.3 Å². The van der Waals surface area contributed by atoms with Crippen LogP contribution >= 0.6 is 0 Å². The van der Waals surface area contributed by atoms with Crippen molar-refractivity contribution in [2.75, 3.05) is 19.3 Å². The number of sulfonamides is 1. The summed E-state index contributed by atoms with van der Waals surface area (Å²) in [7, 11) is -3.36. The third-order valence-electron chi connectivity index (χ3n) is 2.60. The van der Waals surface area contributed by atoms with Crippen LogP contribution in [0.15, 0.2) is 24.4 Å². The van der Waals surface area contributed by atoms with E-state index in [0.717, 1.165) is 6.26 Å². The molecule has 1 heterocycles. The monoisotopic (exact) mass is 314 g/mol. The molecule has 2 N–H and O–H groups in total. The average molecular weight is 314 g/mol. The summed E-state index contributed by atoms with van der Waals surface area (Å²) in [5.74, 6) is 0. The Labute approximate surface area is 125 Å². The van der Waals surface area contributed by atoms with E-state index < -0.39 is 10.0 Å². The zero-order chi connectivity index (χ0) is 15.9. The third-order valence-corrected chi connectivity index (χ3v) is 3.85. The summed E-state index contributed by atoms with van der Waals surface area (Å²) in [5.41, 5.74) is 0.662. The number of carbonyl (C=O) groups is 1. The molecule has 118 valence electrons. The topological polar surface area (TPSA) is 91.4 Å². The van der Waals surface area contributed by atoms with E-state index in [1.54, 1.807) is 24.4 Å². The van der Waals surface area contributed by atoms with Crippen LogP contribution in [0, 0.1) is 0 Å². The van der Waals surface area contributed by atoms with Gasteiger partial charge in [-0.3, -0.25) is 4.98 Å². The molecule has 0 unspecified atom stereocenters. The summed E-state index contributed by atoms with van der Waals surface area (Å²) in [6, 6.07) is 5.06. The highest BCUT2D eigenvalue weighted by Crippen LogP contribution is 2.05. The molecule has 0 radical (unpaired) electrons. The zero-order valence-corrected chi connectivity index (χ0v) is 13.4. The van der Waals surface area contributed by atoms with E-state index in [1.807, 2.05) is 13.8 Å². The highest BCUT2D eigenvalue weighted by atomic mass is 32.2. The summed E-state index contributed by atoms with van der Waals surface area (Å²) in [4.78, 5) is 15.5. The van der Waals surface area contributed by atoms with Gasteiger partial charge in [-0.05, 0) is 26.0 Å². The minimum absolute atomic E-state index is 0.0320. The first-order chi connectivity index (χ1) is 9.79. The number of pyridine rings is 1. The number of hydrogen-bond acceptors (Lipinski definition) is 4. The Morgan fingerprint density at radius 2 is 2.10 bits per heavy atom. The van der Waals surface area contributed by atoms with Gasteiger partial charge in [-0.2, -0.15) is 4.31 Å². The lowest BCUT2D eigenvalue weighted by molar-refractivity contribution is 0.237. The van der Waals surface area contributed by atoms with Crippen molar-refractivity contribution >= 4 is 16.1 Å². The van der Waals surface area contributed by atoms with Crippen LogP contribution in [0.5, 0.6) is 0 Å². The number of urea groups is 1. The van der Waals surface area contributed by atoms with Crippen LogP contribution in [-0.4, -0.2) is 49.1 Å². The largest absolute Gasteiger partial charge is 0.337 e. The molecule has 0 aliphatic carbocycles. The highest BCUT2D eigenvalue weighted by Gasteiger charge is 2.17. The molecular weight excluding hydrogens is 292 g/mol. The predicted octanol–water partition coefficient (Wildman–Crippen LogP) is 0.551. The van der Waals surface area contributed by atoms with Crippen LogP contribution in [0.4, 0.5) is 4.79 Å². The van der Waals surface area contributed by atoms with Crippen LogP contribution in [-0.2, 0) is 16.6 Å². The molecule has 0 saturated carbocycles. The molecule has 0 atom stereocenters. The molecule has 1 aromatic rings. The van der Waals surface area contributed by atoms with Crippen LogP contribution < -0.4 is 10.6 Å². The number of aromatic nitrogens is 1. The molecule has 2 amide bonds. The molecule has 0 saturated heterocycles. The Kier molecular flexibility index (Phi) is 6.57. The quantitative estimate of drug-likeness (QED) is 0.769. The minimum Gasteiger partial charge on any atom is -0.337 e. The van der Waals surface area contributed by atoms with Crippen molar-refractivity contribution in [1.29, 1.82) is 0 Å². The molecule has 7 nitrogen and oxygen atoms in total. The van der Waals surface area contributed by atoms with E-state index in [0.29, 0.717) is 5.69 Å². The summed E-state index contributed by atoms with van der Waals surface area (Å²) < 4.78 is 24.8. The lowest BCUT2D eigenvalue weighted by Crippen LogP contribution is -2.43. The Morgan fingerprint density at radius 3 is 2.62 bits per heavy atom. The maximum Gasteiger partial charge on any atom is 0.315 e. The van der Waals surface area contributed by atoms with Gasteiger partial charge in [-0.15, -0.1) is 0 Å².